The number of para-hydroxylation sites is 1. The lowest BCUT2D eigenvalue weighted by molar-refractivity contribution is 1.18. The fourth-order valence-electron chi connectivity index (χ4n) is 8.93. The SMILES string of the molecule is Cc1c2c(-c3ccccc3)nc3cc(-c4ccc(-c5nc(-c6ccccc6)cc(-c6ccccc6)n5)cc4)ccc3c2c(C)c2c(-c3ccccc3)nc3ccccc3c12. The summed E-state index contributed by atoms with van der Waals surface area (Å²) in [6.07, 6.45) is 0. The Bertz CT molecular complexity index is 3340. The number of nitrogens with zero attached hydrogens (tertiary/aromatic N) is 4. The number of fused-ring (bicyclic) bond motifs is 6. The van der Waals surface area contributed by atoms with E-state index >= 15 is 0 Å². The molecule has 0 bridgehead atoms. The molecule has 0 N–H and O–H groups in total. The molecule has 4 heteroatoms. The number of aromatic nitrogens is 4. The number of hydrogen-bond acceptors (Lipinski definition) is 4. The minimum absolute atomic E-state index is 0.691. The van der Waals surface area contributed by atoms with Crippen molar-refractivity contribution < 1.29 is 0 Å². The average molecular weight is 767 g/mol. The fraction of sp³-hybridized carbons (Fsp3) is 0.0357. The maximum absolute atomic E-state index is 5.54. The molecule has 282 valence electrons. The molecule has 0 saturated heterocycles. The van der Waals surface area contributed by atoms with Crippen LogP contribution in [0, 0.1) is 13.8 Å². The van der Waals surface area contributed by atoms with Gasteiger partial charge in [-0.3, -0.25) is 0 Å². The van der Waals surface area contributed by atoms with Crippen LogP contribution in [0.4, 0.5) is 0 Å². The van der Waals surface area contributed by atoms with E-state index in [9.17, 15) is 0 Å². The van der Waals surface area contributed by atoms with E-state index in [1.54, 1.807) is 0 Å². The summed E-state index contributed by atoms with van der Waals surface area (Å²) in [6.45, 7) is 4.54. The number of pyridine rings is 2. The van der Waals surface area contributed by atoms with Gasteiger partial charge in [-0.25, -0.2) is 19.9 Å². The molecule has 0 radical (unpaired) electrons. The minimum Gasteiger partial charge on any atom is -0.247 e. The van der Waals surface area contributed by atoms with E-state index in [0.29, 0.717) is 5.82 Å². The van der Waals surface area contributed by atoms with Gasteiger partial charge in [0.1, 0.15) is 0 Å². The molecule has 0 aliphatic carbocycles. The zero-order chi connectivity index (χ0) is 40.2. The molecular formula is C56H38N4. The molecule has 3 heterocycles. The maximum Gasteiger partial charge on any atom is 0.160 e. The lowest BCUT2D eigenvalue weighted by Gasteiger charge is -2.21. The van der Waals surface area contributed by atoms with Gasteiger partial charge in [-0.05, 0) is 65.1 Å². The van der Waals surface area contributed by atoms with Crippen molar-refractivity contribution >= 4 is 43.4 Å². The Balaban J connectivity index is 1.10. The van der Waals surface area contributed by atoms with E-state index < -0.39 is 0 Å². The number of aryl methyl sites for hydroxylation is 2. The fourth-order valence-corrected chi connectivity index (χ4v) is 8.93. The van der Waals surface area contributed by atoms with Crippen LogP contribution in [0.25, 0.3) is 111 Å². The van der Waals surface area contributed by atoms with Crippen molar-refractivity contribution in [1.29, 1.82) is 0 Å². The van der Waals surface area contributed by atoms with Crippen LogP contribution in [-0.2, 0) is 0 Å². The van der Waals surface area contributed by atoms with Gasteiger partial charge < -0.3 is 0 Å². The second-order valence-corrected chi connectivity index (χ2v) is 15.4. The Morgan fingerprint density at radius 1 is 0.283 bits per heavy atom. The highest BCUT2D eigenvalue weighted by Gasteiger charge is 2.23. The summed E-state index contributed by atoms with van der Waals surface area (Å²) in [4.78, 5) is 21.0. The molecule has 0 aliphatic heterocycles. The summed E-state index contributed by atoms with van der Waals surface area (Å²) < 4.78 is 0. The molecule has 0 amide bonds. The Kier molecular flexibility index (Phi) is 8.56. The summed E-state index contributed by atoms with van der Waals surface area (Å²) in [5.41, 5.74) is 15.6. The first-order chi connectivity index (χ1) is 29.6. The van der Waals surface area contributed by atoms with Gasteiger partial charge in [-0.1, -0.05) is 176 Å². The summed E-state index contributed by atoms with van der Waals surface area (Å²) in [6, 6.07) is 67.8. The molecule has 60 heavy (non-hydrogen) atoms. The van der Waals surface area contributed by atoms with Crippen molar-refractivity contribution in [2.45, 2.75) is 13.8 Å². The van der Waals surface area contributed by atoms with E-state index in [-0.39, 0.29) is 0 Å². The highest BCUT2D eigenvalue weighted by Crippen LogP contribution is 2.46. The van der Waals surface area contributed by atoms with Crippen molar-refractivity contribution in [3.63, 3.8) is 0 Å². The molecule has 0 spiro atoms. The Morgan fingerprint density at radius 2 is 0.700 bits per heavy atom. The third-order valence-corrected chi connectivity index (χ3v) is 11.8. The third kappa shape index (κ3) is 6.00. The van der Waals surface area contributed by atoms with E-state index in [1.807, 2.05) is 36.4 Å². The van der Waals surface area contributed by atoms with Crippen LogP contribution in [-0.4, -0.2) is 19.9 Å². The van der Waals surface area contributed by atoms with Crippen LogP contribution in [0.1, 0.15) is 11.1 Å². The Morgan fingerprint density at radius 3 is 1.23 bits per heavy atom. The Labute approximate surface area is 348 Å². The summed E-state index contributed by atoms with van der Waals surface area (Å²) in [5.74, 6) is 0.691. The van der Waals surface area contributed by atoms with Crippen LogP contribution < -0.4 is 0 Å². The topological polar surface area (TPSA) is 51.6 Å². The van der Waals surface area contributed by atoms with Crippen LogP contribution in [0.3, 0.4) is 0 Å². The Hall–Kier alpha value is -7.82. The molecule has 4 nitrogen and oxygen atoms in total. The van der Waals surface area contributed by atoms with Crippen LogP contribution in [0.15, 0.2) is 194 Å². The maximum atomic E-state index is 5.54. The normalized spacial score (nSPS) is 11.5. The predicted octanol–water partition coefficient (Wildman–Crippen LogP) is 14.5. The van der Waals surface area contributed by atoms with Crippen LogP contribution >= 0.6 is 0 Å². The monoisotopic (exact) mass is 766 g/mol. The van der Waals surface area contributed by atoms with Gasteiger partial charge in [0.2, 0.25) is 0 Å². The van der Waals surface area contributed by atoms with Crippen molar-refractivity contribution in [3.8, 4) is 67.5 Å². The molecule has 0 fully saturated rings. The summed E-state index contributed by atoms with van der Waals surface area (Å²) in [5, 5.41) is 7.09. The first kappa shape index (κ1) is 35.4. The number of benzene rings is 8. The van der Waals surface area contributed by atoms with Crippen molar-refractivity contribution in [3.05, 3.63) is 205 Å². The van der Waals surface area contributed by atoms with Crippen molar-refractivity contribution in [2.75, 3.05) is 0 Å². The van der Waals surface area contributed by atoms with Gasteiger partial charge in [0, 0.05) is 49.4 Å². The second-order valence-electron chi connectivity index (χ2n) is 15.4. The summed E-state index contributed by atoms with van der Waals surface area (Å²) in [7, 11) is 0. The highest BCUT2D eigenvalue weighted by molar-refractivity contribution is 6.25. The third-order valence-electron chi connectivity index (χ3n) is 11.8. The van der Waals surface area contributed by atoms with E-state index in [1.165, 1.54) is 32.7 Å². The lowest BCUT2D eigenvalue weighted by Crippen LogP contribution is -1.99. The van der Waals surface area contributed by atoms with Gasteiger partial charge >= 0.3 is 0 Å². The van der Waals surface area contributed by atoms with E-state index in [4.69, 9.17) is 19.9 Å². The first-order valence-electron chi connectivity index (χ1n) is 20.4. The predicted molar refractivity (Wildman–Crippen MR) is 250 cm³/mol. The molecule has 8 aromatic carbocycles. The average Bonchev–Trinajstić information content (AvgIpc) is 3.33. The largest absolute Gasteiger partial charge is 0.247 e. The van der Waals surface area contributed by atoms with Gasteiger partial charge in [0.15, 0.2) is 5.82 Å². The molecule has 3 aromatic heterocycles. The molecular weight excluding hydrogens is 729 g/mol. The minimum atomic E-state index is 0.691. The molecule has 0 atom stereocenters. The molecule has 0 saturated carbocycles. The molecule has 0 unspecified atom stereocenters. The molecule has 11 rings (SSSR count). The van der Waals surface area contributed by atoms with Gasteiger partial charge in [0.05, 0.1) is 33.8 Å². The standard InChI is InChI=1S/C56H38N4/c1-35-50-44-25-15-16-26-46(44)57-54(40-21-11-5-12-22-40)52(50)36(2)51-45-32-31-43(33-49(45)58-55(53(35)51)41-23-13-6-14-24-41)37-27-29-42(30-28-37)56-59-47(38-17-7-3-8-18-38)34-48(60-56)39-19-9-4-10-20-39/h3-34H,1-2H3. The molecule has 11 aromatic rings. The molecule has 0 aliphatic rings. The van der Waals surface area contributed by atoms with Crippen molar-refractivity contribution in [1.82, 2.24) is 19.9 Å². The van der Waals surface area contributed by atoms with Gasteiger partial charge in [-0.2, -0.15) is 0 Å². The lowest BCUT2D eigenvalue weighted by atomic mass is 9.85. The number of rotatable bonds is 6. The van der Waals surface area contributed by atoms with Gasteiger partial charge in [0.25, 0.3) is 0 Å². The van der Waals surface area contributed by atoms with Crippen LogP contribution in [0.2, 0.25) is 0 Å². The quantitative estimate of drug-likeness (QED) is 0.125. The smallest absolute Gasteiger partial charge is 0.160 e. The zero-order valence-corrected chi connectivity index (χ0v) is 33.3. The highest BCUT2D eigenvalue weighted by atomic mass is 14.9. The van der Waals surface area contributed by atoms with E-state index in [0.717, 1.165) is 83.5 Å². The van der Waals surface area contributed by atoms with Crippen molar-refractivity contribution in [2.24, 2.45) is 0 Å². The van der Waals surface area contributed by atoms with Gasteiger partial charge in [-0.15, -0.1) is 0 Å². The first-order valence-corrected chi connectivity index (χ1v) is 20.4. The number of hydrogen-bond donors (Lipinski definition) is 0. The van der Waals surface area contributed by atoms with Crippen LogP contribution in [0.5, 0.6) is 0 Å². The zero-order valence-electron chi connectivity index (χ0n) is 33.3. The summed E-state index contributed by atoms with van der Waals surface area (Å²) >= 11 is 0. The second kappa shape index (κ2) is 14.5. The van der Waals surface area contributed by atoms with E-state index in [2.05, 4.69) is 172 Å².